The van der Waals surface area contributed by atoms with E-state index in [1.165, 1.54) is 32.2 Å². The molecule has 13 nitrogen and oxygen atoms in total. The van der Waals surface area contributed by atoms with Crippen molar-refractivity contribution in [3.05, 3.63) is 36.7 Å². The largest absolute Gasteiger partial charge is 0.487 e. The Bertz CT molecular complexity index is 1440. The van der Waals surface area contributed by atoms with Crippen LogP contribution in [0.25, 0.3) is 11.2 Å². The molecule has 4 rings (SSSR count). The zero-order valence-electron chi connectivity index (χ0n) is 21.4. The van der Waals surface area contributed by atoms with E-state index in [0.29, 0.717) is 22.7 Å². The Labute approximate surface area is 219 Å². The summed E-state index contributed by atoms with van der Waals surface area (Å²) in [5, 5.41) is 2.63. The molecule has 14 heteroatoms. The summed E-state index contributed by atoms with van der Waals surface area (Å²) in [5.74, 6) is -0.427. The summed E-state index contributed by atoms with van der Waals surface area (Å²) in [4.78, 5) is 37.4. The van der Waals surface area contributed by atoms with Gasteiger partial charge >= 0.3 is 5.97 Å². The molecule has 1 saturated heterocycles. The Morgan fingerprint density at radius 2 is 2.11 bits per heavy atom. The van der Waals surface area contributed by atoms with Crippen molar-refractivity contribution in [2.75, 3.05) is 25.6 Å². The fraction of sp³-hybridized carbons (Fsp3) is 0.417. The lowest BCUT2D eigenvalue weighted by atomic mass is 10.3. The van der Waals surface area contributed by atoms with E-state index < -0.39 is 28.1 Å². The van der Waals surface area contributed by atoms with E-state index in [4.69, 9.17) is 19.0 Å². The number of sulfonamides is 1. The van der Waals surface area contributed by atoms with Gasteiger partial charge in [0.1, 0.15) is 28.9 Å². The molecule has 0 aliphatic carbocycles. The highest BCUT2D eigenvalue weighted by molar-refractivity contribution is 7.89. The second-order valence-corrected chi connectivity index (χ2v) is 10.3. The molecule has 204 valence electrons. The van der Waals surface area contributed by atoms with Crippen molar-refractivity contribution in [1.82, 2.24) is 19.0 Å². The van der Waals surface area contributed by atoms with Crippen molar-refractivity contribution in [1.29, 1.82) is 0 Å². The summed E-state index contributed by atoms with van der Waals surface area (Å²) in [6.07, 6.45) is 0.912. The number of fused-ring (bicyclic) bond motifs is 1. The van der Waals surface area contributed by atoms with E-state index in [-0.39, 0.29) is 42.7 Å². The van der Waals surface area contributed by atoms with Crippen LogP contribution in [0.1, 0.15) is 27.2 Å². The number of amides is 1. The van der Waals surface area contributed by atoms with Crippen molar-refractivity contribution >= 4 is 38.8 Å². The van der Waals surface area contributed by atoms with Gasteiger partial charge in [0.15, 0.2) is 5.65 Å². The highest BCUT2D eigenvalue weighted by atomic mass is 32.2. The molecule has 38 heavy (non-hydrogen) atoms. The number of cyclic esters (lactones) is 1. The predicted molar refractivity (Wildman–Crippen MR) is 135 cm³/mol. The first kappa shape index (κ1) is 27.3. The molecule has 1 aliphatic heterocycles. The molecule has 0 saturated carbocycles. The van der Waals surface area contributed by atoms with E-state index in [9.17, 15) is 18.0 Å². The zero-order chi connectivity index (χ0) is 27.4. The monoisotopic (exact) mass is 547 g/mol. The number of aromatic nitrogens is 3. The maximum atomic E-state index is 13.7. The third kappa shape index (κ3) is 5.87. The second-order valence-electron chi connectivity index (χ2n) is 8.58. The van der Waals surface area contributed by atoms with Gasteiger partial charge in [0.25, 0.3) is 10.0 Å². The molecule has 0 radical (unpaired) electrons. The van der Waals surface area contributed by atoms with E-state index in [2.05, 4.69) is 15.3 Å². The van der Waals surface area contributed by atoms with Crippen LogP contribution in [0.5, 0.6) is 11.6 Å². The van der Waals surface area contributed by atoms with Crippen LogP contribution in [0.3, 0.4) is 0 Å². The van der Waals surface area contributed by atoms with Crippen LogP contribution in [0.15, 0.2) is 41.6 Å². The molecule has 3 aromatic rings. The lowest BCUT2D eigenvalue weighted by molar-refractivity contribution is -0.138. The van der Waals surface area contributed by atoms with Crippen LogP contribution >= 0.6 is 0 Å². The van der Waals surface area contributed by atoms with E-state index in [1.807, 2.05) is 0 Å². The number of nitrogens with one attached hydrogen (secondary N) is 1. The van der Waals surface area contributed by atoms with Crippen LogP contribution in [0, 0.1) is 0 Å². The van der Waals surface area contributed by atoms with Crippen LogP contribution in [0.4, 0.5) is 5.69 Å². The Hall–Kier alpha value is -3.75. The third-order valence-electron chi connectivity index (χ3n) is 5.60. The van der Waals surface area contributed by atoms with E-state index >= 15 is 0 Å². The number of ether oxygens (including phenoxy) is 3. The topological polar surface area (TPSA) is 151 Å². The van der Waals surface area contributed by atoms with Crippen LogP contribution in [-0.2, 0) is 35.7 Å². The molecular formula is C24H29N5O8S. The van der Waals surface area contributed by atoms with Gasteiger partial charge in [-0.3, -0.25) is 14.4 Å². The molecule has 0 bridgehead atoms. The van der Waals surface area contributed by atoms with Gasteiger partial charge in [-0.05, 0) is 32.0 Å². The molecule has 1 fully saturated rings. The maximum absolute atomic E-state index is 13.7. The molecule has 3 heterocycles. The van der Waals surface area contributed by atoms with Crippen molar-refractivity contribution in [3.8, 4) is 11.6 Å². The summed E-state index contributed by atoms with van der Waals surface area (Å²) in [6, 6.07) is 6.86. The summed E-state index contributed by atoms with van der Waals surface area (Å²) in [7, 11) is -2.79. The van der Waals surface area contributed by atoms with Gasteiger partial charge in [0, 0.05) is 24.7 Å². The van der Waals surface area contributed by atoms with Gasteiger partial charge in [-0.15, -0.1) is 0 Å². The fourth-order valence-electron chi connectivity index (χ4n) is 4.02. The number of benzene rings is 1. The van der Waals surface area contributed by atoms with Gasteiger partial charge < -0.3 is 24.1 Å². The quantitative estimate of drug-likeness (QED) is 0.279. The molecule has 1 unspecified atom stereocenters. The Balaban J connectivity index is 1.67. The van der Waals surface area contributed by atoms with Crippen LogP contribution < -0.4 is 14.8 Å². The fourth-order valence-corrected chi connectivity index (χ4v) is 5.59. The number of rotatable bonds is 11. The van der Waals surface area contributed by atoms with Crippen LogP contribution in [0.2, 0.25) is 0 Å². The number of carbonyl (C=O) groups is 2. The van der Waals surface area contributed by atoms with Crippen LogP contribution in [-0.4, -0.2) is 71.8 Å². The number of esters is 1. The number of methoxy groups -OCH3 is 1. The highest BCUT2D eigenvalue weighted by Gasteiger charge is 2.40. The molecule has 0 spiro atoms. The zero-order valence-corrected chi connectivity index (χ0v) is 22.2. The normalized spacial score (nSPS) is 16.4. The van der Waals surface area contributed by atoms with E-state index in [0.717, 1.165) is 4.47 Å². The number of pyridine rings is 1. The lowest BCUT2D eigenvalue weighted by Gasteiger charge is -2.26. The molecule has 2 aromatic heterocycles. The van der Waals surface area contributed by atoms with Crippen molar-refractivity contribution < 1.29 is 37.1 Å². The summed E-state index contributed by atoms with van der Waals surface area (Å²) in [6.45, 7) is 4.94. The minimum absolute atomic E-state index is 0.00587. The van der Waals surface area contributed by atoms with Gasteiger partial charge in [-0.25, -0.2) is 13.4 Å². The maximum Gasteiger partial charge on any atom is 0.307 e. The minimum atomic E-state index is -4.30. The minimum Gasteiger partial charge on any atom is -0.487 e. The molecule has 1 N–H and O–H groups in total. The first-order valence-electron chi connectivity index (χ1n) is 11.9. The second kappa shape index (κ2) is 11.3. The third-order valence-corrected chi connectivity index (χ3v) is 7.37. The summed E-state index contributed by atoms with van der Waals surface area (Å²) >= 11 is 0. The molecule has 2 atom stereocenters. The standard InChI is InChI=1S/C24H29N5O8S/c1-5-36-29(18-11-23(31)35-13-18)38(32,33)21-8-6-17(26-16(3)30)10-20(21)37-15(2)12-28-14-25-19-7-9-22(34-4)27-24(19)28/h6-10,14-15,18H,5,11-13H2,1-4H3,(H,26,30)/t15-,18?/m1/s1. The number of imidazole rings is 1. The predicted octanol–water partition coefficient (Wildman–Crippen LogP) is 2.12. The molecule has 1 aromatic carbocycles. The Morgan fingerprint density at radius 1 is 1.32 bits per heavy atom. The average Bonchev–Trinajstić information content (AvgIpc) is 3.47. The average molecular weight is 548 g/mol. The summed E-state index contributed by atoms with van der Waals surface area (Å²) < 4.78 is 46.3. The number of hydroxylamine groups is 1. The Kier molecular flexibility index (Phi) is 8.14. The van der Waals surface area contributed by atoms with E-state index in [1.54, 1.807) is 36.9 Å². The van der Waals surface area contributed by atoms with Gasteiger partial charge in [0.05, 0.1) is 39.1 Å². The van der Waals surface area contributed by atoms with Crippen molar-refractivity contribution in [2.24, 2.45) is 0 Å². The number of anilines is 1. The van der Waals surface area contributed by atoms with Crippen molar-refractivity contribution in [3.63, 3.8) is 0 Å². The molecular weight excluding hydrogens is 518 g/mol. The SMILES string of the molecule is CCON(C1COC(=O)C1)S(=O)(=O)c1ccc(NC(C)=O)cc1O[C@H](C)Cn1cnc2ccc(OC)nc21. The number of hydrogen-bond donors (Lipinski definition) is 1. The molecule has 1 amide bonds. The first-order chi connectivity index (χ1) is 18.1. The number of hydrogen-bond acceptors (Lipinski definition) is 10. The van der Waals surface area contributed by atoms with Gasteiger partial charge in [-0.2, -0.15) is 4.98 Å². The highest BCUT2D eigenvalue weighted by Crippen LogP contribution is 2.33. The molecule has 1 aliphatic rings. The number of nitrogens with zero attached hydrogens (tertiary/aromatic N) is 4. The number of carbonyl (C=O) groups excluding carboxylic acids is 2. The Morgan fingerprint density at radius 3 is 2.76 bits per heavy atom. The van der Waals surface area contributed by atoms with Gasteiger partial charge in [0.2, 0.25) is 11.8 Å². The van der Waals surface area contributed by atoms with Crippen molar-refractivity contribution in [2.45, 2.75) is 50.8 Å². The lowest BCUT2D eigenvalue weighted by Crippen LogP contribution is -2.41. The smallest absolute Gasteiger partial charge is 0.307 e. The first-order valence-corrected chi connectivity index (χ1v) is 13.3. The van der Waals surface area contributed by atoms with Gasteiger partial charge in [-0.1, -0.05) is 4.47 Å². The summed E-state index contributed by atoms with van der Waals surface area (Å²) in [5.41, 5.74) is 1.59.